The summed E-state index contributed by atoms with van der Waals surface area (Å²) in [4.78, 5) is 30.7. The number of hydrogen-bond donors (Lipinski definition) is 1. The molecular weight excluding hydrogens is 453 g/mol. The molecule has 0 fully saturated rings. The van der Waals surface area contributed by atoms with E-state index in [4.69, 9.17) is 10.00 Å². The highest BCUT2D eigenvalue weighted by Gasteiger charge is 2.17. The summed E-state index contributed by atoms with van der Waals surface area (Å²) in [5.74, 6) is -1.31. The van der Waals surface area contributed by atoms with E-state index in [0.29, 0.717) is 27.8 Å². The molecule has 168 valence electrons. The normalized spacial score (nSPS) is 10.5. The maximum atomic E-state index is 13.3. The van der Waals surface area contributed by atoms with Gasteiger partial charge in [-0.15, -0.1) is 11.8 Å². The first-order valence-electron chi connectivity index (χ1n) is 10.3. The van der Waals surface area contributed by atoms with Gasteiger partial charge in [-0.2, -0.15) is 5.26 Å². The van der Waals surface area contributed by atoms with Gasteiger partial charge in [0.05, 0.1) is 34.3 Å². The van der Waals surface area contributed by atoms with E-state index in [9.17, 15) is 14.0 Å². The van der Waals surface area contributed by atoms with Crippen LogP contribution in [-0.4, -0.2) is 29.2 Å². The minimum atomic E-state index is -0.677. The summed E-state index contributed by atoms with van der Waals surface area (Å²) in [7, 11) is 0. The number of fused-ring (bicyclic) bond motifs is 1. The second-order valence-corrected chi connectivity index (χ2v) is 8.16. The first kappa shape index (κ1) is 23.0. The smallest absolute Gasteiger partial charge is 0.339 e. The van der Waals surface area contributed by atoms with E-state index in [1.807, 2.05) is 12.1 Å². The van der Waals surface area contributed by atoms with E-state index in [1.54, 1.807) is 60.7 Å². The van der Waals surface area contributed by atoms with Gasteiger partial charge in [0.1, 0.15) is 5.82 Å². The van der Waals surface area contributed by atoms with Crippen molar-refractivity contribution in [3.8, 4) is 17.3 Å². The van der Waals surface area contributed by atoms with Gasteiger partial charge < -0.3 is 10.1 Å². The molecule has 0 saturated heterocycles. The molecule has 1 heterocycles. The molecule has 0 bridgehead atoms. The van der Waals surface area contributed by atoms with Crippen LogP contribution in [0.1, 0.15) is 10.4 Å². The molecule has 1 amide bonds. The molecule has 34 heavy (non-hydrogen) atoms. The Morgan fingerprint density at radius 1 is 1.03 bits per heavy atom. The van der Waals surface area contributed by atoms with Crippen LogP contribution in [0.25, 0.3) is 22.2 Å². The van der Waals surface area contributed by atoms with Crippen LogP contribution in [0.15, 0.2) is 83.8 Å². The number of thioether (sulfide) groups is 1. The average molecular weight is 472 g/mol. The number of nitriles is 1. The van der Waals surface area contributed by atoms with Gasteiger partial charge >= 0.3 is 5.97 Å². The Morgan fingerprint density at radius 2 is 1.76 bits per heavy atom. The van der Waals surface area contributed by atoms with E-state index >= 15 is 0 Å². The van der Waals surface area contributed by atoms with Crippen LogP contribution in [0.3, 0.4) is 0 Å². The van der Waals surface area contributed by atoms with Crippen LogP contribution in [0.5, 0.6) is 0 Å². The quantitative estimate of drug-likeness (QED) is 0.285. The van der Waals surface area contributed by atoms with Gasteiger partial charge in [0.25, 0.3) is 5.91 Å². The number of pyridine rings is 1. The SMILES string of the molecule is N#CCSc1ccccc1NC(=O)COC(=O)c1cc(-c2ccc(F)cc2)nc2ccccc12. The lowest BCUT2D eigenvalue weighted by Gasteiger charge is -2.12. The number of para-hydroxylation sites is 2. The Balaban J connectivity index is 1.52. The van der Waals surface area contributed by atoms with Crippen molar-refractivity contribution < 1.29 is 18.7 Å². The number of nitrogens with one attached hydrogen (secondary N) is 1. The molecule has 1 N–H and O–H groups in total. The summed E-state index contributed by atoms with van der Waals surface area (Å²) in [6.45, 7) is -0.487. The molecule has 0 saturated carbocycles. The number of benzene rings is 3. The Bertz CT molecular complexity index is 1400. The van der Waals surface area contributed by atoms with Crippen molar-refractivity contribution in [3.63, 3.8) is 0 Å². The monoisotopic (exact) mass is 471 g/mol. The summed E-state index contributed by atoms with van der Waals surface area (Å²) in [5, 5.41) is 12.1. The number of halogens is 1. The molecular formula is C26H18FN3O3S. The van der Waals surface area contributed by atoms with Gasteiger partial charge in [-0.3, -0.25) is 4.79 Å². The van der Waals surface area contributed by atoms with Gasteiger partial charge in [0.15, 0.2) is 6.61 Å². The third kappa shape index (κ3) is 5.39. The highest BCUT2D eigenvalue weighted by atomic mass is 32.2. The van der Waals surface area contributed by atoms with Crippen LogP contribution >= 0.6 is 11.8 Å². The fourth-order valence-electron chi connectivity index (χ4n) is 3.31. The number of ether oxygens (including phenoxy) is 1. The zero-order valence-electron chi connectivity index (χ0n) is 17.8. The maximum Gasteiger partial charge on any atom is 0.339 e. The number of aromatic nitrogens is 1. The second-order valence-electron chi connectivity index (χ2n) is 7.15. The zero-order valence-corrected chi connectivity index (χ0v) is 18.6. The maximum absolute atomic E-state index is 13.3. The number of rotatable bonds is 7. The average Bonchev–Trinajstić information content (AvgIpc) is 2.86. The van der Waals surface area contributed by atoms with Gasteiger partial charge in [0.2, 0.25) is 0 Å². The van der Waals surface area contributed by atoms with E-state index < -0.39 is 18.5 Å². The molecule has 4 aromatic rings. The Kier molecular flexibility index (Phi) is 7.16. The fourth-order valence-corrected chi connectivity index (χ4v) is 3.98. The number of esters is 1. The summed E-state index contributed by atoms with van der Waals surface area (Å²) >= 11 is 1.30. The molecule has 0 atom stereocenters. The first-order valence-corrected chi connectivity index (χ1v) is 11.2. The molecule has 0 aliphatic carbocycles. The van der Waals surface area contributed by atoms with Gasteiger partial charge in [-0.1, -0.05) is 30.3 Å². The largest absolute Gasteiger partial charge is 0.452 e. The standard InChI is InChI=1S/C26H18FN3O3S/c27-18-11-9-17(10-12-18)23-15-20(19-5-1-2-6-21(19)29-23)26(32)33-16-25(31)30-22-7-3-4-8-24(22)34-14-13-28/h1-12,15H,14,16H2,(H,30,31). The fraction of sp³-hybridized carbons (Fsp3) is 0.0769. The molecule has 0 aliphatic heterocycles. The lowest BCUT2D eigenvalue weighted by molar-refractivity contribution is -0.119. The number of amides is 1. The number of hydrogen-bond acceptors (Lipinski definition) is 6. The third-order valence-electron chi connectivity index (χ3n) is 4.86. The topological polar surface area (TPSA) is 92.1 Å². The highest BCUT2D eigenvalue weighted by molar-refractivity contribution is 7.99. The van der Waals surface area contributed by atoms with E-state index in [0.717, 1.165) is 4.90 Å². The summed E-state index contributed by atoms with van der Waals surface area (Å²) in [5.41, 5.74) is 2.49. The molecule has 1 aromatic heterocycles. The third-order valence-corrected chi connectivity index (χ3v) is 5.80. The van der Waals surface area contributed by atoms with Crippen LogP contribution in [0, 0.1) is 17.1 Å². The van der Waals surface area contributed by atoms with Crippen molar-refractivity contribution in [3.05, 3.63) is 90.2 Å². The number of nitrogens with zero attached hydrogens (tertiary/aromatic N) is 2. The molecule has 0 radical (unpaired) electrons. The number of carbonyl (C=O) groups is 2. The predicted molar refractivity (Wildman–Crippen MR) is 129 cm³/mol. The molecule has 0 aliphatic rings. The lowest BCUT2D eigenvalue weighted by Crippen LogP contribution is -2.21. The van der Waals surface area contributed by atoms with Crippen LogP contribution in [0.2, 0.25) is 0 Å². The molecule has 3 aromatic carbocycles. The van der Waals surface area contributed by atoms with Crippen LogP contribution in [-0.2, 0) is 9.53 Å². The molecule has 8 heteroatoms. The van der Waals surface area contributed by atoms with E-state index in [-0.39, 0.29) is 17.1 Å². The van der Waals surface area contributed by atoms with Crippen molar-refractivity contribution in [1.82, 2.24) is 4.98 Å². The van der Waals surface area contributed by atoms with Crippen molar-refractivity contribution in [2.24, 2.45) is 0 Å². The molecule has 4 rings (SSSR count). The zero-order chi connectivity index (χ0) is 23.9. The van der Waals surface area contributed by atoms with Crippen molar-refractivity contribution in [2.75, 3.05) is 17.7 Å². The minimum Gasteiger partial charge on any atom is -0.452 e. The Hall–Kier alpha value is -4.22. The van der Waals surface area contributed by atoms with Crippen molar-refractivity contribution >= 4 is 40.2 Å². The van der Waals surface area contributed by atoms with E-state index in [2.05, 4.69) is 10.3 Å². The summed E-state index contributed by atoms with van der Waals surface area (Å²) in [6.07, 6.45) is 0. The highest BCUT2D eigenvalue weighted by Crippen LogP contribution is 2.27. The molecule has 0 spiro atoms. The lowest BCUT2D eigenvalue weighted by atomic mass is 10.0. The van der Waals surface area contributed by atoms with Gasteiger partial charge in [0, 0.05) is 15.8 Å². The molecule has 6 nitrogen and oxygen atoms in total. The minimum absolute atomic E-state index is 0.243. The van der Waals surface area contributed by atoms with Crippen LogP contribution in [0.4, 0.5) is 10.1 Å². The van der Waals surface area contributed by atoms with E-state index in [1.165, 1.54) is 23.9 Å². The molecule has 0 unspecified atom stereocenters. The van der Waals surface area contributed by atoms with Gasteiger partial charge in [-0.25, -0.2) is 14.2 Å². The van der Waals surface area contributed by atoms with Crippen molar-refractivity contribution in [1.29, 1.82) is 5.26 Å². The Labute approximate surface area is 199 Å². The second kappa shape index (κ2) is 10.6. The van der Waals surface area contributed by atoms with Gasteiger partial charge in [-0.05, 0) is 48.5 Å². The Morgan fingerprint density at radius 3 is 2.56 bits per heavy atom. The summed E-state index contributed by atoms with van der Waals surface area (Å²) < 4.78 is 18.6. The van der Waals surface area contributed by atoms with Crippen molar-refractivity contribution in [2.45, 2.75) is 4.90 Å². The van der Waals surface area contributed by atoms with Crippen LogP contribution < -0.4 is 5.32 Å². The number of carbonyl (C=O) groups excluding carboxylic acids is 2. The predicted octanol–water partition coefficient (Wildman–Crippen LogP) is 5.45. The number of anilines is 1. The first-order chi connectivity index (χ1) is 16.5. The summed E-state index contributed by atoms with van der Waals surface area (Å²) in [6, 6.07) is 23.6.